The molecular weight excluding hydrogens is 192 g/mol. The summed E-state index contributed by atoms with van der Waals surface area (Å²) in [6, 6.07) is 0. The van der Waals surface area contributed by atoms with Gasteiger partial charge in [-0.1, -0.05) is 13.8 Å². The molecule has 0 amide bonds. The van der Waals surface area contributed by atoms with E-state index in [-0.39, 0.29) is 18.3 Å². The maximum absolute atomic E-state index is 11.2. The Morgan fingerprint density at radius 2 is 1.92 bits per heavy atom. The van der Waals surface area contributed by atoms with Gasteiger partial charge in [0, 0.05) is 0 Å². The van der Waals surface area contributed by atoms with Crippen molar-refractivity contribution in [3.63, 3.8) is 0 Å². The van der Waals surface area contributed by atoms with E-state index in [1.165, 1.54) is 0 Å². The van der Waals surface area contributed by atoms with Gasteiger partial charge in [-0.25, -0.2) is 8.42 Å². The molecule has 0 radical (unpaired) electrons. The molecule has 0 N–H and O–H groups in total. The highest BCUT2D eigenvalue weighted by molar-refractivity contribution is 7.92. The summed E-state index contributed by atoms with van der Waals surface area (Å²) in [6.07, 6.45) is 0. The Morgan fingerprint density at radius 3 is 2.31 bits per heavy atom. The number of hydrogen-bond donors (Lipinski definition) is 0. The van der Waals surface area contributed by atoms with Gasteiger partial charge in [0.15, 0.2) is 9.84 Å². The lowest BCUT2D eigenvalue weighted by molar-refractivity contribution is -0.139. The Balaban J connectivity index is 4.10. The van der Waals surface area contributed by atoms with Gasteiger partial charge in [0.2, 0.25) is 0 Å². The van der Waals surface area contributed by atoms with Crippen LogP contribution in [-0.2, 0) is 19.4 Å². The molecule has 0 spiro atoms. The zero-order chi connectivity index (χ0) is 10.5. The van der Waals surface area contributed by atoms with Crippen LogP contribution in [0.5, 0.6) is 0 Å². The van der Waals surface area contributed by atoms with Crippen LogP contribution in [0, 0.1) is 5.92 Å². The second-order valence-electron chi connectivity index (χ2n) is 3.25. The molecule has 4 nitrogen and oxygen atoms in total. The largest absolute Gasteiger partial charge is 0.465 e. The zero-order valence-corrected chi connectivity index (χ0v) is 9.06. The molecule has 0 aromatic rings. The van der Waals surface area contributed by atoms with Crippen molar-refractivity contribution in [1.82, 2.24) is 0 Å². The molecule has 78 valence electrons. The molecule has 0 fully saturated rings. The van der Waals surface area contributed by atoms with E-state index in [4.69, 9.17) is 0 Å². The first-order chi connectivity index (χ1) is 5.87. The van der Waals surface area contributed by atoms with Gasteiger partial charge in [-0.3, -0.25) is 4.79 Å². The Hall–Kier alpha value is -0.580. The summed E-state index contributed by atoms with van der Waals surface area (Å²) in [5, 5.41) is 0. The van der Waals surface area contributed by atoms with Gasteiger partial charge in [-0.15, -0.1) is 0 Å². The van der Waals surface area contributed by atoms with E-state index in [1.807, 2.05) is 0 Å². The van der Waals surface area contributed by atoms with E-state index in [1.54, 1.807) is 20.8 Å². The number of carbonyl (C=O) groups is 1. The number of sulfone groups is 1. The smallest absolute Gasteiger partial charge is 0.321 e. The molecule has 0 saturated carbocycles. The Morgan fingerprint density at radius 1 is 1.38 bits per heavy atom. The van der Waals surface area contributed by atoms with E-state index < -0.39 is 21.6 Å². The fraction of sp³-hybridized carbons (Fsp3) is 0.875. The topological polar surface area (TPSA) is 60.4 Å². The van der Waals surface area contributed by atoms with Gasteiger partial charge < -0.3 is 4.74 Å². The second-order valence-corrected chi connectivity index (χ2v) is 5.36. The molecule has 0 aromatic heterocycles. The number of carbonyl (C=O) groups excluding carboxylic acids is 1. The monoisotopic (exact) mass is 208 g/mol. The first-order valence-corrected chi connectivity index (χ1v) is 6.05. The van der Waals surface area contributed by atoms with E-state index in [0.717, 1.165) is 0 Å². The number of ether oxygens (including phenoxy) is 1. The summed E-state index contributed by atoms with van der Waals surface area (Å²) in [7, 11) is -3.28. The van der Waals surface area contributed by atoms with Gasteiger partial charge >= 0.3 is 5.97 Å². The molecule has 0 rings (SSSR count). The van der Waals surface area contributed by atoms with Gasteiger partial charge in [-0.05, 0) is 12.8 Å². The summed E-state index contributed by atoms with van der Waals surface area (Å²) in [5.41, 5.74) is 0. The highest BCUT2D eigenvalue weighted by atomic mass is 32.2. The van der Waals surface area contributed by atoms with E-state index in [0.29, 0.717) is 0 Å². The summed E-state index contributed by atoms with van der Waals surface area (Å²) in [4.78, 5) is 10.8. The molecule has 13 heavy (non-hydrogen) atoms. The Labute approximate surface area is 79.2 Å². The van der Waals surface area contributed by atoms with Crippen LogP contribution in [0.25, 0.3) is 0 Å². The van der Waals surface area contributed by atoms with Crippen LogP contribution >= 0.6 is 0 Å². The quantitative estimate of drug-likeness (QED) is 0.621. The van der Waals surface area contributed by atoms with E-state index in [2.05, 4.69) is 4.74 Å². The normalized spacial score (nSPS) is 11.7. The predicted molar refractivity (Wildman–Crippen MR) is 50.1 cm³/mol. The summed E-state index contributed by atoms with van der Waals surface area (Å²) in [6.45, 7) is 5.45. The molecule has 0 aliphatic heterocycles. The van der Waals surface area contributed by atoms with Crippen LogP contribution < -0.4 is 0 Å². The maximum Gasteiger partial charge on any atom is 0.321 e. The zero-order valence-electron chi connectivity index (χ0n) is 8.24. The number of hydrogen-bond acceptors (Lipinski definition) is 4. The van der Waals surface area contributed by atoms with E-state index in [9.17, 15) is 13.2 Å². The van der Waals surface area contributed by atoms with Crippen molar-refractivity contribution in [1.29, 1.82) is 0 Å². The van der Waals surface area contributed by atoms with Crippen molar-refractivity contribution in [2.75, 3.05) is 18.1 Å². The van der Waals surface area contributed by atoms with Crippen LogP contribution in [0.3, 0.4) is 0 Å². The molecule has 0 aliphatic rings. The lowest BCUT2D eigenvalue weighted by Crippen LogP contribution is -2.23. The summed E-state index contributed by atoms with van der Waals surface area (Å²) in [5.74, 6) is -1.09. The summed E-state index contributed by atoms with van der Waals surface area (Å²) < 4.78 is 27.0. The molecule has 0 saturated heterocycles. The predicted octanol–water partition coefficient (Wildman–Crippen LogP) is 0.620. The average Bonchev–Trinajstić information content (AvgIpc) is 1.81. The van der Waals surface area contributed by atoms with Gasteiger partial charge in [0.25, 0.3) is 0 Å². The molecule has 0 bridgehead atoms. The van der Waals surface area contributed by atoms with E-state index >= 15 is 0 Å². The van der Waals surface area contributed by atoms with Crippen molar-refractivity contribution in [2.45, 2.75) is 20.8 Å². The van der Waals surface area contributed by atoms with Gasteiger partial charge in [0.05, 0.1) is 12.4 Å². The van der Waals surface area contributed by atoms with Crippen molar-refractivity contribution in [3.8, 4) is 0 Å². The first-order valence-electron chi connectivity index (χ1n) is 4.23. The third kappa shape index (κ3) is 6.57. The van der Waals surface area contributed by atoms with Crippen molar-refractivity contribution >= 4 is 15.8 Å². The molecular formula is C8H16O4S. The third-order valence-electron chi connectivity index (χ3n) is 1.23. The fourth-order valence-electron chi connectivity index (χ4n) is 0.949. The SMILES string of the molecule is CCOC(=O)CS(=O)(=O)CC(C)C. The standard InChI is InChI=1S/C8H16O4S/c1-4-12-8(9)6-13(10,11)5-7(2)3/h7H,4-6H2,1-3H3. The molecule has 0 heterocycles. The molecule has 5 heteroatoms. The van der Waals surface area contributed by atoms with Crippen LogP contribution in [0.1, 0.15) is 20.8 Å². The second kappa shape index (κ2) is 5.21. The summed E-state index contributed by atoms with van der Waals surface area (Å²) >= 11 is 0. The maximum atomic E-state index is 11.2. The molecule has 0 atom stereocenters. The van der Waals surface area contributed by atoms with Crippen LogP contribution in [0.4, 0.5) is 0 Å². The van der Waals surface area contributed by atoms with Crippen LogP contribution in [-0.4, -0.2) is 32.5 Å². The minimum Gasteiger partial charge on any atom is -0.465 e. The van der Waals surface area contributed by atoms with Gasteiger partial charge in [-0.2, -0.15) is 0 Å². The number of rotatable bonds is 5. The minimum absolute atomic E-state index is 0.0335. The number of esters is 1. The lowest BCUT2D eigenvalue weighted by Gasteiger charge is -2.05. The molecule has 0 aromatic carbocycles. The third-order valence-corrected chi connectivity index (χ3v) is 3.08. The minimum atomic E-state index is -3.28. The Kier molecular flexibility index (Phi) is 4.98. The van der Waals surface area contributed by atoms with Crippen LogP contribution in [0.15, 0.2) is 0 Å². The van der Waals surface area contributed by atoms with Crippen molar-refractivity contribution in [2.24, 2.45) is 5.92 Å². The Bertz CT molecular complexity index is 253. The lowest BCUT2D eigenvalue weighted by atomic mass is 10.3. The molecule has 0 aliphatic carbocycles. The fourth-order valence-corrected chi connectivity index (χ4v) is 2.53. The van der Waals surface area contributed by atoms with Crippen molar-refractivity contribution in [3.05, 3.63) is 0 Å². The van der Waals surface area contributed by atoms with Crippen LogP contribution in [0.2, 0.25) is 0 Å². The average molecular weight is 208 g/mol. The highest BCUT2D eigenvalue weighted by Crippen LogP contribution is 2.01. The highest BCUT2D eigenvalue weighted by Gasteiger charge is 2.18. The first kappa shape index (κ1) is 12.4. The molecule has 0 unspecified atom stereocenters. The van der Waals surface area contributed by atoms with Gasteiger partial charge in [0.1, 0.15) is 5.75 Å². The van der Waals surface area contributed by atoms with Crippen molar-refractivity contribution < 1.29 is 17.9 Å².